The smallest absolute Gasteiger partial charge is 0.330 e. The van der Waals surface area contributed by atoms with Crippen molar-refractivity contribution in [3.8, 4) is 11.5 Å². The number of unbranched alkanes of at least 4 members (excludes halogenated alkanes) is 5. The molecule has 0 bridgehead atoms. The molecule has 0 unspecified atom stereocenters. The zero-order valence-corrected chi connectivity index (χ0v) is 17.0. The molecule has 1 aromatic rings. The van der Waals surface area contributed by atoms with Crippen LogP contribution in [0.15, 0.2) is 24.3 Å². The molecule has 0 spiro atoms. The van der Waals surface area contributed by atoms with Crippen LogP contribution in [0.3, 0.4) is 0 Å². The quantitative estimate of drug-likeness (QED) is 0.178. The molecule has 0 aliphatic rings. The van der Waals surface area contributed by atoms with Gasteiger partial charge in [-0.05, 0) is 55.9 Å². The minimum Gasteiger partial charge on any atom is -0.493 e. The lowest BCUT2D eigenvalue weighted by Gasteiger charge is -2.11. The molecular weight excluding hydrogens is 360 g/mol. The molecule has 0 saturated heterocycles. The fourth-order valence-corrected chi connectivity index (χ4v) is 2.52. The van der Waals surface area contributed by atoms with E-state index >= 15 is 0 Å². The molecule has 0 aromatic heterocycles. The van der Waals surface area contributed by atoms with Crippen LogP contribution in [0.2, 0.25) is 0 Å². The maximum atomic E-state index is 11.8. The number of ether oxygens (including phenoxy) is 4. The Hall–Kier alpha value is -2.50. The molecule has 0 saturated carbocycles. The van der Waals surface area contributed by atoms with Crippen LogP contribution in [-0.2, 0) is 19.1 Å². The van der Waals surface area contributed by atoms with E-state index in [1.807, 2.05) is 18.2 Å². The minimum atomic E-state index is -0.372. The van der Waals surface area contributed by atoms with Crippen molar-refractivity contribution in [1.29, 1.82) is 0 Å². The van der Waals surface area contributed by atoms with E-state index in [4.69, 9.17) is 14.2 Å². The zero-order chi connectivity index (χ0) is 20.5. The molecule has 0 heterocycles. The van der Waals surface area contributed by atoms with Crippen LogP contribution in [-0.4, -0.2) is 39.4 Å². The van der Waals surface area contributed by atoms with Gasteiger partial charge in [0.15, 0.2) is 11.5 Å². The van der Waals surface area contributed by atoms with Gasteiger partial charge in [0.2, 0.25) is 0 Å². The van der Waals surface area contributed by atoms with Crippen LogP contribution in [0, 0.1) is 0 Å². The summed E-state index contributed by atoms with van der Waals surface area (Å²) in [5.74, 6) is 0.977. The summed E-state index contributed by atoms with van der Waals surface area (Å²) in [5, 5.41) is 0. The number of carbonyl (C=O) groups is 2. The normalized spacial score (nSPS) is 10.6. The Bertz CT molecular complexity index is 597. The molecule has 6 heteroatoms. The van der Waals surface area contributed by atoms with Crippen molar-refractivity contribution in [3.05, 3.63) is 29.8 Å². The van der Waals surface area contributed by atoms with Gasteiger partial charge in [-0.3, -0.25) is 4.79 Å². The molecule has 0 N–H and O–H groups in total. The highest BCUT2D eigenvalue weighted by molar-refractivity contribution is 5.87. The van der Waals surface area contributed by atoms with Crippen molar-refractivity contribution in [1.82, 2.24) is 0 Å². The number of hydrogen-bond acceptors (Lipinski definition) is 6. The van der Waals surface area contributed by atoms with Gasteiger partial charge in [-0.1, -0.05) is 25.8 Å². The Labute approximate surface area is 167 Å². The number of carbonyl (C=O) groups excluding carboxylic acids is 2. The molecule has 0 fully saturated rings. The maximum Gasteiger partial charge on any atom is 0.330 e. The zero-order valence-electron chi connectivity index (χ0n) is 17.0. The van der Waals surface area contributed by atoms with E-state index < -0.39 is 0 Å². The van der Waals surface area contributed by atoms with Gasteiger partial charge in [-0.25, -0.2) is 4.79 Å². The summed E-state index contributed by atoms with van der Waals surface area (Å²) in [7, 11) is 1.60. The monoisotopic (exact) mass is 392 g/mol. The average Bonchev–Trinajstić information content (AvgIpc) is 2.72. The summed E-state index contributed by atoms with van der Waals surface area (Å²) in [5.41, 5.74) is 0.838. The first-order chi connectivity index (χ1) is 13.7. The third-order valence-electron chi connectivity index (χ3n) is 4.07. The number of benzene rings is 1. The Morgan fingerprint density at radius 2 is 1.71 bits per heavy atom. The van der Waals surface area contributed by atoms with Gasteiger partial charge in [0.05, 0.1) is 26.9 Å². The lowest BCUT2D eigenvalue weighted by atomic mass is 10.2. The molecule has 0 atom stereocenters. The summed E-state index contributed by atoms with van der Waals surface area (Å²) >= 11 is 0. The molecule has 156 valence electrons. The van der Waals surface area contributed by atoms with Crippen molar-refractivity contribution in [2.45, 2.75) is 51.9 Å². The SMILES string of the molecule is CCCCCOc1ccc(C=CC(=O)OCCCCCCOC=O)cc1OC. The Kier molecular flexibility index (Phi) is 13.1. The van der Waals surface area contributed by atoms with Gasteiger partial charge in [0.25, 0.3) is 6.47 Å². The summed E-state index contributed by atoms with van der Waals surface area (Å²) in [4.78, 5) is 21.8. The second-order valence-corrected chi connectivity index (χ2v) is 6.35. The third-order valence-corrected chi connectivity index (χ3v) is 4.07. The molecule has 28 heavy (non-hydrogen) atoms. The van der Waals surface area contributed by atoms with Gasteiger partial charge < -0.3 is 18.9 Å². The van der Waals surface area contributed by atoms with E-state index in [1.54, 1.807) is 13.2 Å². The lowest BCUT2D eigenvalue weighted by molar-refractivity contribution is -0.137. The number of methoxy groups -OCH3 is 1. The molecule has 0 aliphatic heterocycles. The van der Waals surface area contributed by atoms with Crippen LogP contribution >= 0.6 is 0 Å². The first-order valence-corrected chi connectivity index (χ1v) is 9.92. The van der Waals surface area contributed by atoms with Crippen LogP contribution in [0.25, 0.3) is 6.08 Å². The highest BCUT2D eigenvalue weighted by atomic mass is 16.5. The highest BCUT2D eigenvalue weighted by Gasteiger charge is 2.05. The largest absolute Gasteiger partial charge is 0.493 e. The van der Waals surface area contributed by atoms with Gasteiger partial charge in [-0.2, -0.15) is 0 Å². The minimum absolute atomic E-state index is 0.372. The van der Waals surface area contributed by atoms with Crippen molar-refractivity contribution in [2.75, 3.05) is 26.9 Å². The average molecular weight is 392 g/mol. The Morgan fingerprint density at radius 1 is 0.964 bits per heavy atom. The highest BCUT2D eigenvalue weighted by Crippen LogP contribution is 2.28. The van der Waals surface area contributed by atoms with Crippen molar-refractivity contribution in [2.24, 2.45) is 0 Å². The molecule has 0 aliphatic carbocycles. The number of esters is 1. The first kappa shape index (κ1) is 23.5. The fourth-order valence-electron chi connectivity index (χ4n) is 2.52. The molecular formula is C22H32O6. The van der Waals surface area contributed by atoms with E-state index in [9.17, 15) is 9.59 Å². The van der Waals surface area contributed by atoms with Crippen LogP contribution in [0.4, 0.5) is 0 Å². The Morgan fingerprint density at radius 3 is 2.43 bits per heavy atom. The van der Waals surface area contributed by atoms with Crippen LogP contribution < -0.4 is 9.47 Å². The predicted octanol–water partition coefficient (Wildman–Crippen LogP) is 4.55. The molecule has 0 radical (unpaired) electrons. The van der Waals surface area contributed by atoms with E-state index in [-0.39, 0.29) is 5.97 Å². The van der Waals surface area contributed by atoms with Crippen molar-refractivity contribution < 1.29 is 28.5 Å². The summed E-state index contributed by atoms with van der Waals surface area (Å²) in [6.07, 6.45) is 9.89. The van der Waals surface area contributed by atoms with E-state index in [1.165, 1.54) is 6.08 Å². The summed E-state index contributed by atoms with van der Waals surface area (Å²) in [6.45, 7) is 4.09. The first-order valence-electron chi connectivity index (χ1n) is 9.92. The molecule has 1 aromatic carbocycles. The van der Waals surface area contributed by atoms with Gasteiger partial charge in [0.1, 0.15) is 0 Å². The third kappa shape index (κ3) is 10.6. The number of hydrogen-bond donors (Lipinski definition) is 0. The van der Waals surface area contributed by atoms with E-state index in [2.05, 4.69) is 11.7 Å². The number of rotatable bonds is 16. The predicted molar refractivity (Wildman–Crippen MR) is 108 cm³/mol. The summed E-state index contributed by atoms with van der Waals surface area (Å²) < 4.78 is 20.9. The standard InChI is InChI=1S/C22H32O6/c1-3-4-7-15-27-20-12-10-19(17-21(20)25-2)11-13-22(24)28-16-9-6-5-8-14-26-18-23/h10-13,17-18H,3-9,14-16H2,1-2H3. The lowest BCUT2D eigenvalue weighted by Crippen LogP contribution is -2.02. The van der Waals surface area contributed by atoms with Crippen molar-refractivity contribution in [3.63, 3.8) is 0 Å². The topological polar surface area (TPSA) is 71.1 Å². The van der Waals surface area contributed by atoms with E-state index in [0.717, 1.165) is 50.5 Å². The Balaban J connectivity index is 2.33. The summed E-state index contributed by atoms with van der Waals surface area (Å²) in [6, 6.07) is 5.56. The molecule has 0 amide bonds. The van der Waals surface area contributed by atoms with Crippen LogP contribution in [0.5, 0.6) is 11.5 Å². The molecule has 1 rings (SSSR count). The van der Waals surface area contributed by atoms with Crippen molar-refractivity contribution >= 4 is 18.5 Å². The van der Waals surface area contributed by atoms with Gasteiger partial charge in [0, 0.05) is 6.08 Å². The van der Waals surface area contributed by atoms with Gasteiger partial charge in [-0.15, -0.1) is 0 Å². The van der Waals surface area contributed by atoms with E-state index in [0.29, 0.717) is 37.8 Å². The van der Waals surface area contributed by atoms with Crippen LogP contribution in [0.1, 0.15) is 57.4 Å². The second kappa shape index (κ2) is 15.5. The molecule has 6 nitrogen and oxygen atoms in total. The fraction of sp³-hybridized carbons (Fsp3) is 0.545. The maximum absolute atomic E-state index is 11.8. The van der Waals surface area contributed by atoms with Gasteiger partial charge >= 0.3 is 5.97 Å². The second-order valence-electron chi connectivity index (χ2n) is 6.35.